The van der Waals surface area contributed by atoms with E-state index in [1.54, 1.807) is 7.11 Å². The minimum atomic E-state index is 0.153. The van der Waals surface area contributed by atoms with Crippen LogP contribution < -0.4 is 20.1 Å². The van der Waals surface area contributed by atoms with Crippen LogP contribution in [0, 0.1) is 0 Å². The van der Waals surface area contributed by atoms with Crippen molar-refractivity contribution >= 4 is 5.69 Å². The van der Waals surface area contributed by atoms with E-state index in [1.165, 1.54) is 28.8 Å². The van der Waals surface area contributed by atoms with Crippen molar-refractivity contribution in [2.75, 3.05) is 45.3 Å². The molecule has 6 heteroatoms. The molecule has 0 saturated carbocycles. The molecule has 1 saturated heterocycles. The highest BCUT2D eigenvalue weighted by Crippen LogP contribution is 2.30. The number of benzene rings is 3. The Morgan fingerprint density at radius 2 is 1.82 bits per heavy atom. The number of ether oxygens (including phenoxy) is 4. The highest BCUT2D eigenvalue weighted by molar-refractivity contribution is 5.54. The van der Waals surface area contributed by atoms with Crippen molar-refractivity contribution in [3.63, 3.8) is 0 Å². The summed E-state index contributed by atoms with van der Waals surface area (Å²) in [5, 5.41) is 7.04. The lowest BCUT2D eigenvalue weighted by molar-refractivity contribution is 0.0106. The molecule has 2 aliphatic heterocycles. The topological polar surface area (TPSA) is 61.0 Å². The lowest BCUT2D eigenvalue weighted by Crippen LogP contribution is -2.40. The van der Waals surface area contributed by atoms with Crippen molar-refractivity contribution in [3.05, 3.63) is 89.0 Å². The second kappa shape index (κ2) is 13.7. The van der Waals surface area contributed by atoms with E-state index in [0.717, 1.165) is 56.0 Å². The normalized spacial score (nSPS) is 18.9. The maximum atomic E-state index is 6.46. The van der Waals surface area contributed by atoms with Crippen LogP contribution in [0.4, 0.5) is 5.69 Å². The smallest absolute Gasteiger partial charge is 0.124 e. The molecule has 5 rings (SSSR count). The van der Waals surface area contributed by atoms with Gasteiger partial charge in [0.2, 0.25) is 0 Å². The Balaban J connectivity index is 1.06. The van der Waals surface area contributed by atoms with Gasteiger partial charge in [0.15, 0.2) is 0 Å². The molecule has 3 aromatic carbocycles. The van der Waals surface area contributed by atoms with E-state index in [2.05, 4.69) is 53.1 Å². The van der Waals surface area contributed by atoms with Crippen LogP contribution in [0.5, 0.6) is 11.5 Å². The molecule has 38 heavy (non-hydrogen) atoms. The van der Waals surface area contributed by atoms with Gasteiger partial charge in [0.05, 0.1) is 39.6 Å². The van der Waals surface area contributed by atoms with Gasteiger partial charge in [-0.3, -0.25) is 0 Å². The number of piperidine rings is 1. The summed E-state index contributed by atoms with van der Waals surface area (Å²) in [5.74, 6) is 2.14. The van der Waals surface area contributed by atoms with Crippen LogP contribution in [0.3, 0.4) is 0 Å². The van der Waals surface area contributed by atoms with Crippen molar-refractivity contribution in [2.24, 2.45) is 0 Å². The Kier molecular flexibility index (Phi) is 9.54. The second-order valence-corrected chi connectivity index (χ2v) is 10.1. The number of nitrogens with one attached hydrogen (secondary N) is 2. The summed E-state index contributed by atoms with van der Waals surface area (Å²) < 4.78 is 23.6. The minimum absolute atomic E-state index is 0.153. The average Bonchev–Trinajstić information content (AvgIpc) is 2.98. The Morgan fingerprint density at radius 3 is 2.71 bits per heavy atom. The Labute approximate surface area is 226 Å². The molecule has 0 radical (unpaired) electrons. The number of fused-ring (bicyclic) bond motifs is 1. The molecule has 0 aliphatic carbocycles. The fourth-order valence-electron chi connectivity index (χ4n) is 5.35. The molecule has 3 aromatic rings. The molecule has 0 bridgehead atoms. The van der Waals surface area contributed by atoms with Gasteiger partial charge in [0.1, 0.15) is 11.5 Å². The predicted octanol–water partition coefficient (Wildman–Crippen LogP) is 5.70. The van der Waals surface area contributed by atoms with E-state index in [4.69, 9.17) is 18.9 Å². The van der Waals surface area contributed by atoms with E-state index in [-0.39, 0.29) is 6.10 Å². The molecule has 1 fully saturated rings. The van der Waals surface area contributed by atoms with E-state index >= 15 is 0 Å². The molecule has 2 N–H and O–H groups in total. The molecule has 2 atom stereocenters. The van der Waals surface area contributed by atoms with Crippen LogP contribution in [0.15, 0.2) is 66.7 Å². The third-order valence-corrected chi connectivity index (χ3v) is 7.46. The summed E-state index contributed by atoms with van der Waals surface area (Å²) in [6.45, 7) is 5.40. The quantitative estimate of drug-likeness (QED) is 0.301. The molecule has 2 aliphatic rings. The minimum Gasteiger partial charge on any atom is -0.496 e. The number of methoxy groups -OCH3 is 1. The maximum Gasteiger partial charge on any atom is 0.124 e. The maximum absolute atomic E-state index is 6.46. The van der Waals surface area contributed by atoms with Gasteiger partial charge >= 0.3 is 0 Å². The molecule has 202 valence electrons. The molecule has 0 amide bonds. The van der Waals surface area contributed by atoms with Gasteiger partial charge in [-0.25, -0.2) is 0 Å². The Bertz CT molecular complexity index is 1150. The second-order valence-electron chi connectivity index (χ2n) is 10.1. The molecule has 1 unspecified atom stereocenters. The zero-order chi connectivity index (χ0) is 26.0. The molecular formula is C32H40N2O4. The first-order chi connectivity index (χ1) is 18.8. The van der Waals surface area contributed by atoms with Gasteiger partial charge in [-0.15, -0.1) is 0 Å². The first-order valence-electron chi connectivity index (χ1n) is 13.9. The van der Waals surface area contributed by atoms with E-state index in [0.29, 0.717) is 32.3 Å². The summed E-state index contributed by atoms with van der Waals surface area (Å²) in [5.41, 5.74) is 6.30. The predicted molar refractivity (Wildman–Crippen MR) is 151 cm³/mol. The molecule has 6 nitrogen and oxygen atoms in total. The highest BCUT2D eigenvalue weighted by atomic mass is 16.5. The SMILES string of the molecule is COc1ccccc1COCCCOc1ccc(C2CCNC[C@@H]2OCc2ccc3c(c2)NCCC3)cc1. The number of rotatable bonds is 12. The van der Waals surface area contributed by atoms with Crippen molar-refractivity contribution < 1.29 is 18.9 Å². The van der Waals surface area contributed by atoms with Crippen LogP contribution in [0.2, 0.25) is 0 Å². The molecule has 0 spiro atoms. The molecule has 2 heterocycles. The zero-order valence-corrected chi connectivity index (χ0v) is 22.4. The number of hydrogen-bond acceptors (Lipinski definition) is 6. The van der Waals surface area contributed by atoms with Crippen LogP contribution in [-0.4, -0.2) is 46.1 Å². The largest absolute Gasteiger partial charge is 0.496 e. The average molecular weight is 517 g/mol. The van der Waals surface area contributed by atoms with Gasteiger partial charge < -0.3 is 29.6 Å². The number of hydrogen-bond donors (Lipinski definition) is 2. The zero-order valence-electron chi connectivity index (χ0n) is 22.4. The van der Waals surface area contributed by atoms with E-state index < -0.39 is 0 Å². The van der Waals surface area contributed by atoms with Crippen molar-refractivity contribution in [1.82, 2.24) is 5.32 Å². The summed E-state index contributed by atoms with van der Waals surface area (Å²) in [7, 11) is 1.68. The fraction of sp³-hybridized carbons (Fsp3) is 0.438. The van der Waals surface area contributed by atoms with Crippen LogP contribution in [0.25, 0.3) is 0 Å². The number of anilines is 1. The van der Waals surface area contributed by atoms with E-state index in [1.807, 2.05) is 24.3 Å². The lowest BCUT2D eigenvalue weighted by Gasteiger charge is -2.32. The fourth-order valence-corrected chi connectivity index (χ4v) is 5.35. The molecular weight excluding hydrogens is 476 g/mol. The van der Waals surface area contributed by atoms with Gasteiger partial charge in [-0.05, 0) is 66.8 Å². The monoisotopic (exact) mass is 516 g/mol. The van der Waals surface area contributed by atoms with Crippen LogP contribution in [-0.2, 0) is 29.1 Å². The lowest BCUT2D eigenvalue weighted by atomic mass is 9.87. The standard InChI is InChI=1S/C32H40N2O4/c1-35-31-8-3-2-6-27(31)23-36-18-5-19-37-28-13-11-25(12-14-28)29-15-17-33-21-32(29)38-22-24-9-10-26-7-4-16-34-30(26)20-24/h2-3,6,8-14,20,29,32-34H,4-5,7,15-19,21-23H2,1H3/t29?,32-/m0/s1. The van der Waals surface area contributed by atoms with Crippen molar-refractivity contribution in [1.29, 1.82) is 0 Å². The summed E-state index contributed by atoms with van der Waals surface area (Å²) in [6.07, 6.45) is 4.43. The third-order valence-electron chi connectivity index (χ3n) is 7.46. The Morgan fingerprint density at radius 1 is 0.921 bits per heavy atom. The third kappa shape index (κ3) is 7.07. The molecule has 0 aromatic heterocycles. The van der Waals surface area contributed by atoms with Crippen LogP contribution in [0.1, 0.15) is 47.4 Å². The summed E-state index contributed by atoms with van der Waals surface area (Å²) >= 11 is 0. The van der Waals surface area contributed by atoms with Crippen molar-refractivity contribution in [2.45, 2.75) is 50.9 Å². The van der Waals surface area contributed by atoms with Gasteiger partial charge in [0, 0.05) is 36.7 Å². The number of aryl methyl sites for hydroxylation is 1. The van der Waals surface area contributed by atoms with Crippen LogP contribution >= 0.6 is 0 Å². The Hall–Kier alpha value is -3.06. The highest BCUT2D eigenvalue weighted by Gasteiger charge is 2.27. The first-order valence-corrected chi connectivity index (χ1v) is 13.9. The van der Waals surface area contributed by atoms with E-state index in [9.17, 15) is 0 Å². The summed E-state index contributed by atoms with van der Waals surface area (Å²) in [4.78, 5) is 0. The van der Waals surface area contributed by atoms with Crippen molar-refractivity contribution in [3.8, 4) is 11.5 Å². The van der Waals surface area contributed by atoms with Gasteiger partial charge in [-0.1, -0.05) is 42.5 Å². The van der Waals surface area contributed by atoms with Gasteiger partial charge in [0.25, 0.3) is 0 Å². The van der Waals surface area contributed by atoms with Gasteiger partial charge in [-0.2, -0.15) is 0 Å². The first kappa shape index (κ1) is 26.5. The number of para-hydroxylation sites is 1. The summed E-state index contributed by atoms with van der Waals surface area (Å²) in [6, 6.07) is 23.2.